The van der Waals surface area contributed by atoms with Crippen molar-refractivity contribution < 1.29 is 8.42 Å². The predicted octanol–water partition coefficient (Wildman–Crippen LogP) is 1.61. The fourth-order valence-electron chi connectivity index (χ4n) is 4.09. The van der Waals surface area contributed by atoms with Gasteiger partial charge in [0.05, 0.1) is 0 Å². The van der Waals surface area contributed by atoms with Crippen molar-refractivity contribution in [3.8, 4) is 0 Å². The number of hydrogen-bond donors (Lipinski definition) is 0. The van der Waals surface area contributed by atoms with Crippen LogP contribution in [0.3, 0.4) is 0 Å². The molecule has 0 amide bonds. The molecule has 1 aromatic rings. The average Bonchev–Trinajstić information content (AvgIpc) is 3.04. The van der Waals surface area contributed by atoms with E-state index in [0.29, 0.717) is 19.1 Å². The molecule has 1 aliphatic carbocycles. The minimum absolute atomic E-state index is 0.271. The molecular formula is C18H30N4O2S. The normalized spacial score (nSPS) is 24.7. The topological polar surface area (TPSA) is 56.8 Å². The third-order valence-electron chi connectivity index (χ3n) is 5.44. The third kappa shape index (κ3) is 4.58. The lowest BCUT2D eigenvalue weighted by molar-refractivity contribution is 0.187. The molecule has 1 aromatic heterocycles. The molecule has 1 saturated heterocycles. The molecule has 0 bridgehead atoms. The maximum absolute atomic E-state index is 12.7. The summed E-state index contributed by atoms with van der Waals surface area (Å²) in [6, 6.07) is 6.58. The molecule has 1 atom stereocenters. The maximum atomic E-state index is 12.7. The summed E-state index contributed by atoms with van der Waals surface area (Å²) >= 11 is 0. The summed E-state index contributed by atoms with van der Waals surface area (Å²) in [5.41, 5.74) is 1.04. The molecule has 2 fully saturated rings. The van der Waals surface area contributed by atoms with E-state index < -0.39 is 10.2 Å². The molecule has 2 aliphatic rings. The van der Waals surface area contributed by atoms with Crippen LogP contribution in [0.15, 0.2) is 24.4 Å². The van der Waals surface area contributed by atoms with Gasteiger partial charge in [-0.1, -0.05) is 18.9 Å². The molecule has 7 heteroatoms. The van der Waals surface area contributed by atoms with Crippen molar-refractivity contribution in [2.24, 2.45) is 5.92 Å². The molecule has 1 saturated carbocycles. The average molecular weight is 367 g/mol. The summed E-state index contributed by atoms with van der Waals surface area (Å²) in [7, 11) is -0.148. The fourth-order valence-corrected chi connectivity index (χ4v) is 5.26. The van der Waals surface area contributed by atoms with Gasteiger partial charge in [0.2, 0.25) is 0 Å². The molecular weight excluding hydrogens is 336 g/mol. The van der Waals surface area contributed by atoms with Gasteiger partial charge in [0.1, 0.15) is 0 Å². The van der Waals surface area contributed by atoms with Gasteiger partial charge in [-0.25, -0.2) is 0 Å². The van der Waals surface area contributed by atoms with Crippen molar-refractivity contribution >= 4 is 10.2 Å². The van der Waals surface area contributed by atoms with E-state index in [1.54, 1.807) is 18.4 Å². The van der Waals surface area contributed by atoms with Crippen molar-refractivity contribution in [2.75, 3.05) is 40.3 Å². The Bertz CT molecular complexity index is 644. The van der Waals surface area contributed by atoms with Crippen LogP contribution in [-0.4, -0.2) is 73.2 Å². The number of hydrogen-bond acceptors (Lipinski definition) is 4. The van der Waals surface area contributed by atoms with Gasteiger partial charge < -0.3 is 0 Å². The van der Waals surface area contributed by atoms with Gasteiger partial charge in [-0.05, 0) is 37.3 Å². The minimum atomic E-state index is -3.38. The highest BCUT2D eigenvalue weighted by atomic mass is 32.2. The van der Waals surface area contributed by atoms with Crippen molar-refractivity contribution in [3.05, 3.63) is 30.1 Å². The number of pyridine rings is 1. The molecule has 1 unspecified atom stereocenters. The first-order valence-electron chi connectivity index (χ1n) is 9.28. The number of aromatic nitrogens is 1. The standard InChI is InChI=1S/C18H30N4O2S/c1-20(2)25(23,24)22-12-11-21(18-8-3-4-9-18)14-16(15-22)13-17-7-5-6-10-19-17/h5-7,10,16,18H,3-4,8-9,11-15H2,1-2H3. The molecule has 2 heterocycles. The second kappa shape index (κ2) is 8.12. The lowest BCUT2D eigenvalue weighted by Gasteiger charge is -2.29. The van der Waals surface area contributed by atoms with Gasteiger partial charge in [-0.2, -0.15) is 17.0 Å². The Balaban J connectivity index is 1.78. The summed E-state index contributed by atoms with van der Waals surface area (Å²) < 4.78 is 28.4. The van der Waals surface area contributed by atoms with Crippen LogP contribution in [-0.2, 0) is 16.6 Å². The molecule has 6 nitrogen and oxygen atoms in total. The third-order valence-corrected chi connectivity index (χ3v) is 7.35. The Morgan fingerprint density at radius 1 is 1.16 bits per heavy atom. The minimum Gasteiger partial charge on any atom is -0.299 e. The van der Waals surface area contributed by atoms with Gasteiger partial charge in [0.15, 0.2) is 0 Å². The summed E-state index contributed by atoms with van der Waals surface area (Å²) in [6.07, 6.45) is 7.73. The highest BCUT2D eigenvalue weighted by Gasteiger charge is 2.34. The van der Waals surface area contributed by atoms with Gasteiger partial charge in [-0.15, -0.1) is 0 Å². The van der Waals surface area contributed by atoms with Crippen molar-refractivity contribution in [3.63, 3.8) is 0 Å². The van der Waals surface area contributed by atoms with E-state index in [1.165, 1.54) is 30.0 Å². The van der Waals surface area contributed by atoms with E-state index in [9.17, 15) is 8.42 Å². The van der Waals surface area contributed by atoms with Crippen LogP contribution in [0.1, 0.15) is 31.4 Å². The molecule has 0 aromatic carbocycles. The smallest absolute Gasteiger partial charge is 0.281 e. The molecule has 1 aliphatic heterocycles. The predicted molar refractivity (Wildman–Crippen MR) is 99.4 cm³/mol. The van der Waals surface area contributed by atoms with Crippen molar-refractivity contribution in [1.82, 2.24) is 18.5 Å². The van der Waals surface area contributed by atoms with Crippen LogP contribution in [0.25, 0.3) is 0 Å². The lowest BCUT2D eigenvalue weighted by atomic mass is 10.0. The van der Waals surface area contributed by atoms with E-state index >= 15 is 0 Å². The van der Waals surface area contributed by atoms with Crippen LogP contribution in [0.2, 0.25) is 0 Å². The molecule has 0 N–H and O–H groups in total. The largest absolute Gasteiger partial charge is 0.299 e. The summed E-state index contributed by atoms with van der Waals surface area (Å²) in [5.74, 6) is 0.271. The Morgan fingerprint density at radius 3 is 2.56 bits per heavy atom. The first kappa shape index (κ1) is 18.8. The highest BCUT2D eigenvalue weighted by Crippen LogP contribution is 2.27. The summed E-state index contributed by atoms with van der Waals surface area (Å²) in [6.45, 7) is 2.94. The van der Waals surface area contributed by atoms with Crippen LogP contribution in [0, 0.1) is 5.92 Å². The SMILES string of the molecule is CN(C)S(=O)(=O)N1CCN(C2CCCC2)CC(Cc2ccccn2)C1. The Morgan fingerprint density at radius 2 is 1.92 bits per heavy atom. The van der Waals surface area contributed by atoms with E-state index in [1.807, 2.05) is 24.4 Å². The number of rotatable bonds is 5. The van der Waals surface area contributed by atoms with E-state index in [0.717, 1.165) is 25.2 Å². The molecule has 25 heavy (non-hydrogen) atoms. The van der Waals surface area contributed by atoms with Crippen LogP contribution < -0.4 is 0 Å². The first-order valence-corrected chi connectivity index (χ1v) is 10.7. The lowest BCUT2D eigenvalue weighted by Crippen LogP contribution is -2.43. The van der Waals surface area contributed by atoms with E-state index in [4.69, 9.17) is 0 Å². The van der Waals surface area contributed by atoms with Crippen LogP contribution in [0.4, 0.5) is 0 Å². The van der Waals surface area contributed by atoms with Crippen molar-refractivity contribution in [2.45, 2.75) is 38.1 Å². The maximum Gasteiger partial charge on any atom is 0.281 e. The van der Waals surface area contributed by atoms with Gasteiger partial charge >= 0.3 is 0 Å². The Hall–Kier alpha value is -1.02. The zero-order valence-electron chi connectivity index (χ0n) is 15.3. The molecule has 0 radical (unpaired) electrons. The van der Waals surface area contributed by atoms with Crippen LogP contribution in [0.5, 0.6) is 0 Å². The van der Waals surface area contributed by atoms with Gasteiger partial charge in [-0.3, -0.25) is 9.88 Å². The fraction of sp³-hybridized carbons (Fsp3) is 0.722. The van der Waals surface area contributed by atoms with Crippen molar-refractivity contribution in [1.29, 1.82) is 0 Å². The summed E-state index contributed by atoms with van der Waals surface area (Å²) in [5, 5.41) is 0. The number of nitrogens with zero attached hydrogens (tertiary/aromatic N) is 4. The van der Waals surface area contributed by atoms with E-state index in [-0.39, 0.29) is 5.92 Å². The Labute approximate surface area is 152 Å². The Kier molecular flexibility index (Phi) is 6.09. The molecule has 140 valence electrons. The van der Waals surface area contributed by atoms with Gasteiger partial charge in [0, 0.05) is 58.2 Å². The van der Waals surface area contributed by atoms with Gasteiger partial charge in [0.25, 0.3) is 10.2 Å². The van der Waals surface area contributed by atoms with E-state index in [2.05, 4.69) is 9.88 Å². The zero-order valence-corrected chi connectivity index (χ0v) is 16.2. The summed E-state index contributed by atoms with van der Waals surface area (Å²) in [4.78, 5) is 6.98. The monoisotopic (exact) mass is 366 g/mol. The quantitative estimate of drug-likeness (QED) is 0.794. The second-order valence-corrected chi connectivity index (χ2v) is 9.61. The first-order chi connectivity index (χ1) is 12.0. The second-order valence-electron chi connectivity index (χ2n) is 7.47. The molecule has 0 spiro atoms. The highest BCUT2D eigenvalue weighted by molar-refractivity contribution is 7.86. The zero-order chi connectivity index (χ0) is 17.9. The molecule has 3 rings (SSSR count). The van der Waals surface area contributed by atoms with Crippen LogP contribution >= 0.6 is 0 Å².